The first-order valence-corrected chi connectivity index (χ1v) is 14.8. The van der Waals surface area contributed by atoms with Gasteiger partial charge in [0.1, 0.15) is 28.6 Å². The lowest BCUT2D eigenvalue weighted by Crippen LogP contribution is -2.27. The maximum atomic E-state index is 12.8. The number of halogens is 6. The fourth-order valence-electron chi connectivity index (χ4n) is 3.24. The Morgan fingerprint density at radius 3 is 2.08 bits per heavy atom. The highest BCUT2D eigenvalue weighted by Crippen LogP contribution is 2.67. The zero-order valence-corrected chi connectivity index (χ0v) is 21.4. The van der Waals surface area contributed by atoms with Gasteiger partial charge in [0.15, 0.2) is 5.65 Å². The standard InChI is InChI=1S/C18H19F6N5O6P2S/c19-17(20,21)7-36(31,32)16(37(33,34)8-18(22,23)24)35-6-5-29-9-26-12-13(29)27-15(25)28-14(12)38-11-3-1-10(30)2-4-11/h1-4,9,16,30H,5-8H2,(H,31,32)(H,33,34)(H2,25,27,28). The van der Waals surface area contributed by atoms with E-state index < -0.39 is 58.2 Å². The first kappa shape index (κ1) is 30.2. The third kappa shape index (κ3) is 8.07. The number of rotatable bonds is 10. The van der Waals surface area contributed by atoms with Crippen LogP contribution in [0.25, 0.3) is 11.2 Å². The van der Waals surface area contributed by atoms with Crippen LogP contribution in [0.2, 0.25) is 0 Å². The molecule has 0 radical (unpaired) electrons. The number of hydrogen-bond donors (Lipinski definition) is 4. The molecule has 3 aromatic rings. The molecule has 0 fully saturated rings. The molecule has 3 rings (SSSR count). The van der Waals surface area contributed by atoms with Gasteiger partial charge in [-0.25, -0.2) is 9.97 Å². The van der Waals surface area contributed by atoms with Gasteiger partial charge in [-0.3, -0.25) is 9.13 Å². The topological polar surface area (TPSA) is 174 Å². The van der Waals surface area contributed by atoms with Crippen LogP contribution in [0, 0.1) is 0 Å². The van der Waals surface area contributed by atoms with Gasteiger partial charge < -0.3 is 29.9 Å². The van der Waals surface area contributed by atoms with Crippen molar-refractivity contribution in [2.24, 2.45) is 0 Å². The summed E-state index contributed by atoms with van der Waals surface area (Å²) in [7, 11) is -11.6. The van der Waals surface area contributed by atoms with Gasteiger partial charge in [0, 0.05) is 11.4 Å². The number of benzene rings is 1. The van der Waals surface area contributed by atoms with Crippen molar-refractivity contribution in [3.8, 4) is 5.75 Å². The number of ether oxygens (including phenoxy) is 1. The van der Waals surface area contributed by atoms with Crippen molar-refractivity contribution in [2.45, 2.75) is 34.4 Å². The van der Waals surface area contributed by atoms with Crippen LogP contribution < -0.4 is 5.73 Å². The number of hydrogen-bond acceptors (Lipinski definition) is 9. The van der Waals surface area contributed by atoms with Crippen LogP contribution in [0.5, 0.6) is 5.75 Å². The van der Waals surface area contributed by atoms with Crippen LogP contribution in [0.15, 0.2) is 40.5 Å². The molecule has 0 aliphatic carbocycles. The molecule has 11 nitrogen and oxygen atoms in total. The molecule has 2 heterocycles. The quantitative estimate of drug-likeness (QED) is 0.147. The predicted molar refractivity (Wildman–Crippen MR) is 123 cm³/mol. The van der Waals surface area contributed by atoms with Crippen LogP contribution in [0.3, 0.4) is 0 Å². The molecule has 0 aliphatic heterocycles. The van der Waals surface area contributed by atoms with Gasteiger partial charge in [0.05, 0.1) is 12.9 Å². The van der Waals surface area contributed by atoms with Crippen LogP contribution in [-0.4, -0.2) is 71.3 Å². The third-order valence-corrected chi connectivity index (χ3v) is 11.1. The van der Waals surface area contributed by atoms with E-state index in [1.807, 2.05) is 0 Å². The first-order valence-electron chi connectivity index (χ1n) is 10.2. The summed E-state index contributed by atoms with van der Waals surface area (Å²) < 4.78 is 107. The predicted octanol–water partition coefficient (Wildman–Crippen LogP) is 4.23. The number of fused-ring (bicyclic) bond motifs is 1. The summed E-state index contributed by atoms with van der Waals surface area (Å²) in [5, 5.41) is 9.68. The highest BCUT2D eigenvalue weighted by Gasteiger charge is 2.54. The first-order chi connectivity index (χ1) is 17.4. The molecule has 38 heavy (non-hydrogen) atoms. The van der Waals surface area contributed by atoms with Gasteiger partial charge in [-0.2, -0.15) is 31.3 Å². The minimum Gasteiger partial charge on any atom is -0.508 e. The Hall–Kier alpha value is -2.36. The maximum Gasteiger partial charge on any atom is 0.398 e. The lowest BCUT2D eigenvalue weighted by Gasteiger charge is -2.28. The Morgan fingerprint density at radius 2 is 1.55 bits per heavy atom. The minimum absolute atomic E-state index is 0.0228. The number of anilines is 1. The van der Waals surface area contributed by atoms with Crippen molar-refractivity contribution >= 4 is 43.6 Å². The molecule has 0 bridgehead atoms. The van der Waals surface area contributed by atoms with Gasteiger partial charge in [-0.05, 0) is 24.3 Å². The number of nitrogen functional groups attached to an aromatic ring is 1. The molecule has 2 atom stereocenters. The van der Waals surface area contributed by atoms with Gasteiger partial charge in [-0.15, -0.1) is 0 Å². The molecule has 5 N–H and O–H groups in total. The Morgan fingerprint density at radius 1 is 1.00 bits per heavy atom. The maximum absolute atomic E-state index is 12.8. The van der Waals surface area contributed by atoms with E-state index in [4.69, 9.17) is 10.5 Å². The van der Waals surface area contributed by atoms with E-state index in [9.17, 15) is 50.4 Å². The molecule has 0 spiro atoms. The van der Waals surface area contributed by atoms with Gasteiger partial charge in [0.2, 0.25) is 26.3 Å². The van der Waals surface area contributed by atoms with Gasteiger partial charge >= 0.3 is 12.4 Å². The second kappa shape index (κ2) is 11.0. The van der Waals surface area contributed by atoms with Crippen molar-refractivity contribution in [2.75, 3.05) is 24.7 Å². The van der Waals surface area contributed by atoms with E-state index in [2.05, 4.69) is 15.0 Å². The lowest BCUT2D eigenvalue weighted by atomic mass is 10.3. The number of alkyl halides is 6. The number of phenols is 1. The number of aromatic nitrogens is 4. The van der Waals surface area contributed by atoms with E-state index >= 15 is 0 Å². The molecule has 2 unspecified atom stereocenters. The number of imidazole rings is 1. The zero-order valence-electron chi connectivity index (χ0n) is 18.8. The van der Waals surface area contributed by atoms with E-state index in [-0.39, 0.29) is 27.9 Å². The van der Waals surface area contributed by atoms with E-state index in [0.29, 0.717) is 4.90 Å². The average Bonchev–Trinajstić information content (AvgIpc) is 3.11. The zero-order chi connectivity index (χ0) is 28.5. The number of phenolic OH excluding ortho intramolecular Hbond substituents is 1. The SMILES string of the molecule is Nc1nc(Sc2ccc(O)cc2)c2ncn(CCOC(P(=O)(O)CC(F)(F)F)P(=O)(O)CC(F)(F)F)c2n1. The molecule has 20 heteroatoms. The summed E-state index contributed by atoms with van der Waals surface area (Å²) >= 11 is 1.10. The van der Waals surface area contributed by atoms with E-state index in [1.54, 1.807) is 12.1 Å². The van der Waals surface area contributed by atoms with E-state index in [1.165, 1.54) is 23.0 Å². The Kier molecular flexibility index (Phi) is 8.75. The molecular weight excluding hydrogens is 590 g/mol. The summed E-state index contributed by atoms with van der Waals surface area (Å²) in [6.07, 6.45) is -14.5. The molecule has 0 amide bonds. The monoisotopic (exact) mass is 609 g/mol. The molecule has 210 valence electrons. The number of nitrogens with zero attached hydrogens (tertiary/aromatic N) is 4. The van der Waals surface area contributed by atoms with Gasteiger partial charge in [0.25, 0.3) is 0 Å². The summed E-state index contributed by atoms with van der Waals surface area (Å²) in [5.41, 5.74) is 2.86. The summed E-state index contributed by atoms with van der Waals surface area (Å²) in [6.45, 7) is -1.27. The van der Waals surface area contributed by atoms with Crippen LogP contribution in [-0.2, 0) is 20.4 Å². The third-order valence-electron chi connectivity index (χ3n) is 4.60. The highest BCUT2D eigenvalue weighted by atomic mass is 32.2. The van der Waals surface area contributed by atoms with Crippen molar-refractivity contribution < 1.29 is 55.1 Å². The van der Waals surface area contributed by atoms with Crippen LogP contribution in [0.1, 0.15) is 0 Å². The number of nitrogens with two attached hydrogens (primary N) is 1. The molecule has 1 aromatic carbocycles. The second-order valence-electron chi connectivity index (χ2n) is 7.85. The average molecular weight is 609 g/mol. The van der Waals surface area contributed by atoms with Crippen molar-refractivity contribution in [3.63, 3.8) is 0 Å². The lowest BCUT2D eigenvalue weighted by molar-refractivity contribution is -0.108. The normalized spacial score (nSPS) is 16.7. The Bertz CT molecular complexity index is 1350. The Labute approximate surface area is 214 Å². The molecule has 0 saturated heterocycles. The number of aromatic hydroxyl groups is 1. The summed E-state index contributed by atoms with van der Waals surface area (Å²) in [4.78, 5) is 32.5. The highest BCUT2D eigenvalue weighted by molar-refractivity contribution is 7.99. The van der Waals surface area contributed by atoms with Crippen LogP contribution >= 0.6 is 26.5 Å². The Balaban J connectivity index is 1.84. The second-order valence-corrected chi connectivity index (χ2v) is 13.9. The fraction of sp³-hybridized carbons (Fsp3) is 0.389. The van der Waals surface area contributed by atoms with Crippen molar-refractivity contribution in [1.82, 2.24) is 19.5 Å². The molecular formula is C18H19F6N5O6P2S. The fourth-order valence-corrected chi connectivity index (χ4v) is 8.87. The van der Waals surface area contributed by atoms with Gasteiger partial charge in [-0.1, -0.05) is 11.8 Å². The van der Waals surface area contributed by atoms with Crippen LogP contribution in [0.4, 0.5) is 32.3 Å². The van der Waals surface area contributed by atoms with Crippen molar-refractivity contribution in [1.29, 1.82) is 0 Å². The summed E-state index contributed by atoms with van der Waals surface area (Å²) in [5.74, 6) is -0.191. The van der Waals surface area contributed by atoms with E-state index in [0.717, 1.165) is 11.8 Å². The molecule has 2 aromatic heterocycles. The van der Waals surface area contributed by atoms with Crippen molar-refractivity contribution in [3.05, 3.63) is 30.6 Å². The molecule has 0 saturated carbocycles. The molecule has 0 aliphatic rings. The largest absolute Gasteiger partial charge is 0.508 e. The minimum atomic E-state index is -5.80. The summed E-state index contributed by atoms with van der Waals surface area (Å²) in [6, 6.07) is 6.01. The smallest absolute Gasteiger partial charge is 0.398 e.